The maximum atomic E-state index is 9.57. The van der Waals surface area contributed by atoms with E-state index in [4.69, 9.17) is 4.74 Å². The molecular weight excluding hydrogens is 308 g/mol. The summed E-state index contributed by atoms with van der Waals surface area (Å²) in [5, 5.41) is 14.8. The number of nitrogens with one attached hydrogen (secondary N) is 1. The van der Waals surface area contributed by atoms with Gasteiger partial charge in [0.25, 0.3) is 0 Å². The molecule has 23 heavy (non-hydrogen) atoms. The van der Waals surface area contributed by atoms with Gasteiger partial charge in [-0.3, -0.25) is 4.90 Å². The van der Waals surface area contributed by atoms with E-state index in [1.54, 1.807) is 0 Å². The fourth-order valence-electron chi connectivity index (χ4n) is 2.79. The van der Waals surface area contributed by atoms with Gasteiger partial charge in [0.05, 0.1) is 24.4 Å². The van der Waals surface area contributed by atoms with Crippen molar-refractivity contribution in [1.29, 1.82) is 5.26 Å². The van der Waals surface area contributed by atoms with Crippen LogP contribution in [0.5, 0.6) is 0 Å². The van der Waals surface area contributed by atoms with Crippen molar-refractivity contribution in [2.24, 2.45) is 0 Å². The minimum atomic E-state index is 0.637. The molecule has 0 bridgehead atoms. The number of benzene rings is 1. The molecular formula is C17H20N4OS. The molecule has 3 rings (SSSR count). The lowest BCUT2D eigenvalue weighted by molar-refractivity contribution is 0.0398. The summed E-state index contributed by atoms with van der Waals surface area (Å²) in [5.41, 5.74) is 2.46. The van der Waals surface area contributed by atoms with E-state index in [2.05, 4.69) is 21.3 Å². The highest BCUT2D eigenvalue weighted by atomic mass is 32.2. The van der Waals surface area contributed by atoms with E-state index in [1.165, 1.54) is 11.8 Å². The van der Waals surface area contributed by atoms with Crippen molar-refractivity contribution in [3.05, 3.63) is 29.8 Å². The highest BCUT2D eigenvalue weighted by molar-refractivity contribution is 7.98. The third-order valence-electron chi connectivity index (χ3n) is 4.00. The number of fused-ring (bicyclic) bond motifs is 1. The Kier molecular flexibility index (Phi) is 5.34. The Bertz CT molecular complexity index is 722. The number of pyridine rings is 1. The third kappa shape index (κ3) is 3.58. The summed E-state index contributed by atoms with van der Waals surface area (Å²) in [4.78, 5) is 6.97. The second-order valence-corrected chi connectivity index (χ2v) is 6.18. The Labute approximate surface area is 140 Å². The molecule has 1 saturated heterocycles. The molecule has 1 aromatic carbocycles. The molecule has 6 heteroatoms. The average molecular weight is 328 g/mol. The molecule has 120 valence electrons. The lowest BCUT2D eigenvalue weighted by atomic mass is 10.1. The van der Waals surface area contributed by atoms with Crippen LogP contribution in [0.15, 0.2) is 29.3 Å². The van der Waals surface area contributed by atoms with Crippen molar-refractivity contribution >= 4 is 28.4 Å². The van der Waals surface area contributed by atoms with Crippen molar-refractivity contribution in [3.63, 3.8) is 0 Å². The van der Waals surface area contributed by atoms with Gasteiger partial charge in [0.1, 0.15) is 16.7 Å². The quantitative estimate of drug-likeness (QED) is 0.851. The molecule has 1 aliphatic heterocycles. The van der Waals surface area contributed by atoms with Gasteiger partial charge in [-0.2, -0.15) is 5.26 Å². The van der Waals surface area contributed by atoms with Gasteiger partial charge in [0, 0.05) is 31.6 Å². The van der Waals surface area contributed by atoms with Crippen LogP contribution in [0.4, 0.5) is 5.69 Å². The molecule has 1 aromatic heterocycles. The van der Waals surface area contributed by atoms with E-state index in [1.807, 2.05) is 30.5 Å². The van der Waals surface area contributed by atoms with Gasteiger partial charge in [-0.15, -0.1) is 11.8 Å². The van der Waals surface area contributed by atoms with Crippen LogP contribution in [0.3, 0.4) is 0 Å². The van der Waals surface area contributed by atoms with Gasteiger partial charge in [-0.05, 0) is 12.3 Å². The first-order chi connectivity index (χ1) is 11.3. The SMILES string of the molecule is CSc1nc2ccccc2c(NCCN2CCOCC2)c1C#N. The highest BCUT2D eigenvalue weighted by Crippen LogP contribution is 2.31. The van der Waals surface area contributed by atoms with E-state index in [9.17, 15) is 5.26 Å². The van der Waals surface area contributed by atoms with Crippen LogP contribution >= 0.6 is 11.8 Å². The Hall–Kier alpha value is -1.81. The first-order valence-electron chi connectivity index (χ1n) is 7.74. The van der Waals surface area contributed by atoms with Crippen LogP contribution in [0.25, 0.3) is 10.9 Å². The number of anilines is 1. The number of nitriles is 1. The average Bonchev–Trinajstić information content (AvgIpc) is 2.62. The summed E-state index contributed by atoms with van der Waals surface area (Å²) in [5.74, 6) is 0. The van der Waals surface area contributed by atoms with Crippen molar-refractivity contribution in [3.8, 4) is 6.07 Å². The van der Waals surface area contributed by atoms with Crippen molar-refractivity contribution in [1.82, 2.24) is 9.88 Å². The zero-order valence-corrected chi connectivity index (χ0v) is 14.0. The van der Waals surface area contributed by atoms with Crippen molar-refractivity contribution < 1.29 is 4.74 Å². The maximum Gasteiger partial charge on any atom is 0.116 e. The Morgan fingerprint density at radius 2 is 2.13 bits per heavy atom. The second kappa shape index (κ2) is 7.64. The second-order valence-electron chi connectivity index (χ2n) is 5.38. The Morgan fingerprint density at radius 1 is 1.35 bits per heavy atom. The fourth-order valence-corrected chi connectivity index (χ4v) is 3.33. The monoisotopic (exact) mass is 328 g/mol. The number of para-hydroxylation sites is 1. The first-order valence-corrected chi connectivity index (χ1v) is 8.96. The summed E-state index contributed by atoms with van der Waals surface area (Å²) >= 11 is 1.51. The van der Waals surface area contributed by atoms with Gasteiger partial charge in [-0.1, -0.05) is 18.2 Å². The summed E-state index contributed by atoms with van der Waals surface area (Å²) in [6.07, 6.45) is 1.95. The number of morpholine rings is 1. The standard InChI is InChI=1S/C17H20N4OS/c1-23-17-14(12-18)16(13-4-2-3-5-15(13)20-17)19-6-7-21-8-10-22-11-9-21/h2-5H,6-11H2,1H3,(H,19,20). The van der Waals surface area contributed by atoms with E-state index >= 15 is 0 Å². The molecule has 0 unspecified atom stereocenters. The zero-order valence-electron chi connectivity index (χ0n) is 13.2. The van der Waals surface area contributed by atoms with Gasteiger partial charge >= 0.3 is 0 Å². The molecule has 0 saturated carbocycles. The molecule has 2 heterocycles. The highest BCUT2D eigenvalue weighted by Gasteiger charge is 2.15. The molecule has 0 radical (unpaired) electrons. The first kappa shape index (κ1) is 16.1. The summed E-state index contributed by atoms with van der Waals surface area (Å²) in [7, 11) is 0. The van der Waals surface area contributed by atoms with Crippen molar-refractivity contribution in [2.45, 2.75) is 5.03 Å². The van der Waals surface area contributed by atoms with E-state index < -0.39 is 0 Å². The largest absolute Gasteiger partial charge is 0.382 e. The molecule has 0 amide bonds. The minimum Gasteiger partial charge on any atom is -0.382 e. The lowest BCUT2D eigenvalue weighted by Gasteiger charge is -2.26. The molecule has 0 aliphatic carbocycles. The molecule has 5 nitrogen and oxygen atoms in total. The number of hydrogen-bond donors (Lipinski definition) is 1. The van der Waals surface area contributed by atoms with Crippen LogP contribution < -0.4 is 5.32 Å². The maximum absolute atomic E-state index is 9.57. The summed E-state index contributed by atoms with van der Waals surface area (Å²) in [6, 6.07) is 10.3. The van der Waals surface area contributed by atoms with E-state index in [0.717, 1.165) is 61.0 Å². The van der Waals surface area contributed by atoms with E-state index in [-0.39, 0.29) is 0 Å². The fraction of sp³-hybridized carbons (Fsp3) is 0.412. The number of nitrogens with zero attached hydrogens (tertiary/aromatic N) is 3. The normalized spacial score (nSPS) is 15.5. The Morgan fingerprint density at radius 3 is 2.87 bits per heavy atom. The molecule has 1 aliphatic rings. The van der Waals surface area contributed by atoms with E-state index in [0.29, 0.717) is 5.56 Å². The van der Waals surface area contributed by atoms with Crippen LogP contribution in [0.2, 0.25) is 0 Å². The number of thioether (sulfide) groups is 1. The zero-order chi connectivity index (χ0) is 16.1. The lowest BCUT2D eigenvalue weighted by Crippen LogP contribution is -2.39. The predicted molar refractivity (Wildman–Crippen MR) is 94.0 cm³/mol. The molecule has 0 atom stereocenters. The molecule has 0 spiro atoms. The van der Waals surface area contributed by atoms with Crippen LogP contribution in [0.1, 0.15) is 5.56 Å². The minimum absolute atomic E-state index is 0.637. The number of ether oxygens (including phenoxy) is 1. The molecule has 1 N–H and O–H groups in total. The summed E-state index contributed by atoms with van der Waals surface area (Å²) in [6.45, 7) is 5.30. The molecule has 1 fully saturated rings. The molecule has 2 aromatic rings. The third-order valence-corrected chi connectivity index (χ3v) is 4.68. The number of rotatable bonds is 5. The number of hydrogen-bond acceptors (Lipinski definition) is 6. The van der Waals surface area contributed by atoms with Crippen LogP contribution in [-0.4, -0.2) is 55.5 Å². The van der Waals surface area contributed by atoms with Gasteiger partial charge < -0.3 is 10.1 Å². The summed E-state index contributed by atoms with van der Waals surface area (Å²) < 4.78 is 5.37. The van der Waals surface area contributed by atoms with Crippen LogP contribution in [-0.2, 0) is 4.74 Å². The van der Waals surface area contributed by atoms with Gasteiger partial charge in [0.15, 0.2) is 0 Å². The number of aromatic nitrogens is 1. The Balaban J connectivity index is 1.84. The van der Waals surface area contributed by atoms with Gasteiger partial charge in [0.2, 0.25) is 0 Å². The van der Waals surface area contributed by atoms with Crippen LogP contribution in [0, 0.1) is 11.3 Å². The van der Waals surface area contributed by atoms with Crippen molar-refractivity contribution in [2.75, 3.05) is 51.0 Å². The predicted octanol–water partition coefficient (Wildman–Crippen LogP) is 2.57. The topological polar surface area (TPSA) is 61.2 Å². The van der Waals surface area contributed by atoms with Gasteiger partial charge in [-0.25, -0.2) is 4.98 Å². The smallest absolute Gasteiger partial charge is 0.116 e.